The molecule has 120 valence electrons. The minimum Gasteiger partial charge on any atom is -0.404 e. The molecule has 0 saturated carbocycles. The van der Waals surface area contributed by atoms with Crippen molar-refractivity contribution in [3.63, 3.8) is 0 Å². The van der Waals surface area contributed by atoms with Crippen LogP contribution in [0.1, 0.15) is 25.4 Å². The van der Waals surface area contributed by atoms with Crippen LogP contribution in [0.4, 0.5) is 0 Å². The van der Waals surface area contributed by atoms with Crippen LogP contribution in [0.15, 0.2) is 0 Å². The zero-order valence-electron chi connectivity index (χ0n) is 11.4. The maximum atomic E-state index is 6.10. The molecule has 0 saturated heterocycles. The summed E-state index contributed by atoms with van der Waals surface area (Å²) < 4.78 is 14.5. The molecule has 0 aliphatic carbocycles. The van der Waals surface area contributed by atoms with Gasteiger partial charge >= 0.3 is 6.72 Å². The second kappa shape index (κ2) is 7.93. The molecule has 0 amide bonds. The zero-order valence-corrected chi connectivity index (χ0v) is 16.1. The van der Waals surface area contributed by atoms with E-state index < -0.39 is 10.5 Å². The number of rotatable bonds is 6. The summed E-state index contributed by atoms with van der Waals surface area (Å²) in [6.45, 7) is 2.76. The summed E-state index contributed by atoms with van der Waals surface area (Å²) in [6.07, 6.45) is 0. The number of hydrogen-bond acceptors (Lipinski definition) is 6. The fourth-order valence-electron chi connectivity index (χ4n) is 1.23. The zero-order chi connectivity index (χ0) is 16.3. The quantitative estimate of drug-likeness (QED) is 0.486. The van der Waals surface area contributed by atoms with Crippen molar-refractivity contribution in [2.45, 2.75) is 24.6 Å². The highest BCUT2D eigenvalue weighted by molar-refractivity contribution is 8.07. The Balaban J connectivity index is 3.23. The van der Waals surface area contributed by atoms with Crippen molar-refractivity contribution in [1.29, 1.82) is 0 Å². The van der Waals surface area contributed by atoms with Crippen molar-refractivity contribution in [3.8, 4) is 5.88 Å². The van der Waals surface area contributed by atoms with Gasteiger partial charge in [-0.2, -0.15) is 4.98 Å². The molecular weight excluding hydrogens is 401 g/mol. The molecule has 1 aromatic heterocycles. The molecule has 11 heteroatoms. The van der Waals surface area contributed by atoms with Crippen LogP contribution in [-0.2, 0) is 24.6 Å². The van der Waals surface area contributed by atoms with E-state index in [-0.39, 0.29) is 16.7 Å². The lowest BCUT2D eigenvalue weighted by Crippen LogP contribution is -2.11. The van der Waals surface area contributed by atoms with Crippen molar-refractivity contribution in [1.82, 2.24) is 9.97 Å². The first kappa shape index (κ1) is 19.7. The summed E-state index contributed by atoms with van der Waals surface area (Å²) in [5.74, 6) is -0.102. The number of nitrogens with zero attached hydrogens (tertiary/aromatic N) is 2. The van der Waals surface area contributed by atoms with E-state index in [1.807, 2.05) is 0 Å². The number of aromatic nitrogens is 2. The standard InChI is InChI=1S/C10H13Cl4N2O3PS/c1-4-17-20(21,18-5-2)19-8-7(11)6(3)15-9(16-8)10(12,13)14/h4-5H2,1-3H3. The van der Waals surface area contributed by atoms with Crippen LogP contribution in [0.5, 0.6) is 5.88 Å². The van der Waals surface area contributed by atoms with Gasteiger partial charge in [0.15, 0.2) is 5.82 Å². The second-order valence-corrected chi connectivity index (χ2v) is 9.22. The third-order valence-electron chi connectivity index (χ3n) is 2.01. The Morgan fingerprint density at radius 1 is 1.14 bits per heavy atom. The van der Waals surface area contributed by atoms with E-state index in [4.69, 9.17) is 71.8 Å². The van der Waals surface area contributed by atoms with E-state index in [0.717, 1.165) is 0 Å². The van der Waals surface area contributed by atoms with Crippen LogP contribution in [0.2, 0.25) is 5.02 Å². The van der Waals surface area contributed by atoms with Gasteiger partial charge < -0.3 is 4.52 Å². The van der Waals surface area contributed by atoms with Gasteiger partial charge in [0.05, 0.1) is 18.9 Å². The third-order valence-corrected chi connectivity index (χ3v) is 5.36. The van der Waals surface area contributed by atoms with Gasteiger partial charge in [-0.05, 0) is 20.8 Å². The van der Waals surface area contributed by atoms with E-state index in [1.165, 1.54) is 0 Å². The average Bonchev–Trinajstić information content (AvgIpc) is 2.34. The number of halogens is 4. The molecule has 0 N–H and O–H groups in total. The predicted octanol–water partition coefficient (Wildman–Crippen LogP) is 4.94. The van der Waals surface area contributed by atoms with Gasteiger partial charge in [0.1, 0.15) is 5.02 Å². The fraction of sp³-hybridized carbons (Fsp3) is 0.600. The average molecular weight is 414 g/mol. The summed E-state index contributed by atoms with van der Waals surface area (Å²) >= 11 is 28.7. The first-order valence-electron chi connectivity index (χ1n) is 5.83. The molecule has 0 unspecified atom stereocenters. The Bertz CT molecular complexity index is 546. The molecule has 0 aromatic carbocycles. The lowest BCUT2D eigenvalue weighted by atomic mass is 10.4. The van der Waals surface area contributed by atoms with Crippen molar-refractivity contribution < 1.29 is 13.6 Å². The van der Waals surface area contributed by atoms with Gasteiger partial charge in [0, 0.05) is 11.8 Å². The maximum Gasteiger partial charge on any atom is 0.381 e. The Kier molecular flexibility index (Phi) is 7.42. The lowest BCUT2D eigenvalue weighted by Gasteiger charge is -2.22. The minimum absolute atomic E-state index is 0.0317. The summed E-state index contributed by atoms with van der Waals surface area (Å²) in [6, 6.07) is 0. The van der Waals surface area contributed by atoms with E-state index in [9.17, 15) is 0 Å². The molecule has 21 heavy (non-hydrogen) atoms. The van der Waals surface area contributed by atoms with Crippen molar-refractivity contribution in [2.24, 2.45) is 0 Å². The Morgan fingerprint density at radius 3 is 2.10 bits per heavy atom. The Morgan fingerprint density at radius 2 is 1.67 bits per heavy atom. The molecule has 1 heterocycles. The van der Waals surface area contributed by atoms with E-state index in [1.54, 1.807) is 20.8 Å². The molecular formula is C10H13Cl4N2O3PS. The van der Waals surface area contributed by atoms with Crippen LogP contribution in [0.3, 0.4) is 0 Å². The van der Waals surface area contributed by atoms with E-state index in [2.05, 4.69) is 9.97 Å². The van der Waals surface area contributed by atoms with Gasteiger partial charge in [-0.15, -0.1) is 0 Å². The number of hydrogen-bond donors (Lipinski definition) is 0. The fourth-order valence-corrected chi connectivity index (χ4v) is 3.66. The summed E-state index contributed by atoms with van der Waals surface area (Å²) in [5.41, 5.74) is 0.387. The van der Waals surface area contributed by atoms with Crippen LogP contribution in [0.25, 0.3) is 0 Å². The van der Waals surface area contributed by atoms with Gasteiger partial charge in [-0.25, -0.2) is 4.98 Å². The van der Waals surface area contributed by atoms with Crippen molar-refractivity contribution >= 4 is 64.9 Å². The summed E-state index contributed by atoms with van der Waals surface area (Å²) in [5, 5.41) is 0.154. The van der Waals surface area contributed by atoms with Crippen molar-refractivity contribution in [3.05, 3.63) is 16.5 Å². The molecule has 0 spiro atoms. The highest BCUT2D eigenvalue weighted by atomic mass is 35.6. The Labute approximate surface area is 148 Å². The molecule has 0 fully saturated rings. The van der Waals surface area contributed by atoms with Gasteiger partial charge in [0.2, 0.25) is 9.67 Å². The molecule has 0 aliphatic rings. The largest absolute Gasteiger partial charge is 0.404 e. The highest BCUT2D eigenvalue weighted by Crippen LogP contribution is 2.51. The number of aryl methyl sites for hydroxylation is 1. The first-order valence-corrected chi connectivity index (χ1v) is 9.89. The van der Waals surface area contributed by atoms with Gasteiger partial charge in [-0.1, -0.05) is 46.4 Å². The SMILES string of the molecule is CCOP(=S)(OCC)Oc1nc(C(Cl)(Cl)Cl)nc(C)c1Cl. The van der Waals surface area contributed by atoms with Crippen LogP contribution >= 0.6 is 53.1 Å². The van der Waals surface area contributed by atoms with Gasteiger partial charge in [-0.3, -0.25) is 9.05 Å². The van der Waals surface area contributed by atoms with E-state index >= 15 is 0 Å². The molecule has 0 radical (unpaired) electrons. The summed E-state index contributed by atoms with van der Waals surface area (Å²) in [7, 11) is 0. The normalized spacial score (nSPS) is 12.5. The monoisotopic (exact) mass is 412 g/mol. The van der Waals surface area contributed by atoms with Crippen LogP contribution < -0.4 is 4.52 Å². The predicted molar refractivity (Wildman–Crippen MR) is 89.2 cm³/mol. The van der Waals surface area contributed by atoms with Crippen LogP contribution in [-0.4, -0.2) is 23.2 Å². The molecule has 0 aliphatic heterocycles. The smallest absolute Gasteiger partial charge is 0.381 e. The maximum absolute atomic E-state index is 6.10. The number of alkyl halides is 3. The molecule has 1 rings (SSSR count). The van der Waals surface area contributed by atoms with Crippen molar-refractivity contribution in [2.75, 3.05) is 13.2 Å². The van der Waals surface area contributed by atoms with Crippen LogP contribution in [0, 0.1) is 6.92 Å². The third kappa shape index (κ3) is 5.63. The molecule has 0 atom stereocenters. The highest BCUT2D eigenvalue weighted by Gasteiger charge is 2.31. The lowest BCUT2D eigenvalue weighted by molar-refractivity contribution is 0.216. The minimum atomic E-state index is -3.03. The molecule has 0 bridgehead atoms. The van der Waals surface area contributed by atoms with Gasteiger partial charge in [0.25, 0.3) is 0 Å². The molecule has 5 nitrogen and oxygen atoms in total. The Hall–Kier alpha value is 0.610. The topological polar surface area (TPSA) is 53.5 Å². The summed E-state index contributed by atoms with van der Waals surface area (Å²) in [4.78, 5) is 8.00. The second-order valence-electron chi connectivity index (χ2n) is 3.62. The first-order chi connectivity index (χ1) is 9.63. The molecule has 1 aromatic rings. The van der Waals surface area contributed by atoms with E-state index in [0.29, 0.717) is 18.9 Å².